The Balaban J connectivity index is 1.97. The molecule has 0 atom stereocenters. The molecule has 0 spiro atoms. The number of ether oxygens (including phenoxy) is 1. The first-order chi connectivity index (χ1) is 11.1. The van der Waals surface area contributed by atoms with Gasteiger partial charge in [0.1, 0.15) is 5.75 Å². The first-order valence-electron chi connectivity index (χ1n) is 6.48. The Morgan fingerprint density at radius 2 is 1.96 bits per heavy atom. The zero-order valence-electron chi connectivity index (χ0n) is 12.1. The van der Waals surface area contributed by atoms with Crippen LogP contribution in [0.5, 0.6) is 5.75 Å². The van der Waals surface area contributed by atoms with Crippen LogP contribution in [0.15, 0.2) is 47.8 Å². The van der Waals surface area contributed by atoms with Crippen molar-refractivity contribution in [1.29, 1.82) is 0 Å². The number of pyridine rings is 1. The molecule has 8 heteroatoms. The Morgan fingerprint density at radius 3 is 2.65 bits per heavy atom. The molecule has 0 fully saturated rings. The van der Waals surface area contributed by atoms with Gasteiger partial charge in [-0.1, -0.05) is 11.6 Å². The van der Waals surface area contributed by atoms with Crippen molar-refractivity contribution in [3.63, 3.8) is 0 Å². The number of halogens is 1. The number of methoxy groups -OCH3 is 1. The highest BCUT2D eigenvalue weighted by Crippen LogP contribution is 2.27. The lowest BCUT2D eigenvalue weighted by Gasteiger charge is -2.09. The third kappa shape index (κ3) is 4.79. The van der Waals surface area contributed by atoms with Gasteiger partial charge in [0, 0.05) is 17.4 Å². The fourth-order valence-corrected chi connectivity index (χ4v) is 1.79. The Labute approximate surface area is 137 Å². The van der Waals surface area contributed by atoms with Gasteiger partial charge in [0.25, 0.3) is 0 Å². The van der Waals surface area contributed by atoms with Crippen LogP contribution in [-0.2, 0) is 9.59 Å². The van der Waals surface area contributed by atoms with Crippen LogP contribution in [0.4, 0.5) is 5.69 Å². The zero-order chi connectivity index (χ0) is 16.7. The Morgan fingerprint density at radius 1 is 1.22 bits per heavy atom. The van der Waals surface area contributed by atoms with E-state index < -0.39 is 11.8 Å². The van der Waals surface area contributed by atoms with Crippen LogP contribution >= 0.6 is 11.6 Å². The molecule has 118 valence electrons. The summed E-state index contributed by atoms with van der Waals surface area (Å²) in [6, 6.07) is 8.07. The average molecular weight is 333 g/mol. The predicted molar refractivity (Wildman–Crippen MR) is 86.6 cm³/mol. The van der Waals surface area contributed by atoms with Crippen LogP contribution in [0.2, 0.25) is 5.02 Å². The zero-order valence-corrected chi connectivity index (χ0v) is 12.9. The monoisotopic (exact) mass is 332 g/mol. The number of amides is 2. The molecule has 1 aromatic heterocycles. The predicted octanol–water partition coefficient (Wildman–Crippen LogP) is 1.83. The van der Waals surface area contributed by atoms with E-state index in [1.165, 1.54) is 19.4 Å². The largest absolute Gasteiger partial charge is 0.495 e. The second-order valence-electron chi connectivity index (χ2n) is 4.28. The van der Waals surface area contributed by atoms with Crippen molar-refractivity contribution in [3.05, 3.63) is 53.3 Å². The maximum Gasteiger partial charge on any atom is 0.329 e. The average Bonchev–Trinajstić information content (AvgIpc) is 2.56. The Bertz CT molecular complexity index is 735. The van der Waals surface area contributed by atoms with Crippen molar-refractivity contribution in [2.45, 2.75) is 0 Å². The summed E-state index contributed by atoms with van der Waals surface area (Å²) in [5.74, 6) is -1.43. The molecule has 2 rings (SSSR count). The van der Waals surface area contributed by atoms with Gasteiger partial charge in [0.2, 0.25) is 0 Å². The van der Waals surface area contributed by atoms with Gasteiger partial charge in [-0.25, -0.2) is 5.43 Å². The standard InChI is InChI=1S/C15H13ClN4O3/c1-23-13-3-2-11(16)8-12(13)19-14(21)15(22)20-18-9-10-4-6-17-7-5-10/h2-9H,1H3,(H,19,21)(H,20,22)/b18-9-. The number of hydrogen-bond acceptors (Lipinski definition) is 5. The number of nitrogens with one attached hydrogen (secondary N) is 2. The molecule has 1 heterocycles. The number of carbonyl (C=O) groups excluding carboxylic acids is 2. The molecule has 0 saturated heterocycles. The van der Waals surface area contributed by atoms with E-state index in [9.17, 15) is 9.59 Å². The summed E-state index contributed by atoms with van der Waals surface area (Å²) in [6.07, 6.45) is 4.56. The van der Waals surface area contributed by atoms with E-state index >= 15 is 0 Å². The lowest BCUT2D eigenvalue weighted by atomic mass is 10.3. The van der Waals surface area contributed by atoms with Gasteiger partial charge in [-0.2, -0.15) is 5.10 Å². The summed E-state index contributed by atoms with van der Waals surface area (Å²) in [5.41, 5.74) is 3.15. The fourth-order valence-electron chi connectivity index (χ4n) is 1.62. The van der Waals surface area contributed by atoms with Crippen molar-refractivity contribution >= 4 is 35.3 Å². The van der Waals surface area contributed by atoms with E-state index in [-0.39, 0.29) is 0 Å². The van der Waals surface area contributed by atoms with Crippen LogP contribution in [0.25, 0.3) is 0 Å². The summed E-state index contributed by atoms with van der Waals surface area (Å²) >= 11 is 5.85. The number of carbonyl (C=O) groups is 2. The van der Waals surface area contributed by atoms with Crippen LogP contribution in [0.1, 0.15) is 5.56 Å². The van der Waals surface area contributed by atoms with Crippen molar-refractivity contribution < 1.29 is 14.3 Å². The van der Waals surface area contributed by atoms with E-state index in [0.29, 0.717) is 16.5 Å². The van der Waals surface area contributed by atoms with Crippen LogP contribution < -0.4 is 15.5 Å². The summed E-state index contributed by atoms with van der Waals surface area (Å²) in [5, 5.41) is 6.50. The maximum absolute atomic E-state index is 11.8. The molecule has 23 heavy (non-hydrogen) atoms. The van der Waals surface area contributed by atoms with Gasteiger partial charge in [0.05, 0.1) is 19.0 Å². The SMILES string of the molecule is COc1ccc(Cl)cc1NC(=O)C(=O)N/N=C\c1ccncc1. The second kappa shape index (κ2) is 7.90. The lowest BCUT2D eigenvalue weighted by molar-refractivity contribution is -0.136. The summed E-state index contributed by atoms with van der Waals surface area (Å²) in [7, 11) is 1.44. The molecule has 0 aliphatic rings. The lowest BCUT2D eigenvalue weighted by Crippen LogP contribution is -2.32. The molecule has 0 unspecified atom stereocenters. The van der Waals surface area contributed by atoms with Crippen molar-refractivity contribution in [2.24, 2.45) is 5.10 Å². The number of aromatic nitrogens is 1. The van der Waals surface area contributed by atoms with Gasteiger partial charge in [0.15, 0.2) is 0 Å². The smallest absolute Gasteiger partial charge is 0.329 e. The Hall–Kier alpha value is -2.93. The number of hydrazone groups is 1. The first-order valence-corrected chi connectivity index (χ1v) is 6.86. The van der Waals surface area contributed by atoms with Crippen LogP contribution in [-0.4, -0.2) is 30.1 Å². The number of benzene rings is 1. The second-order valence-corrected chi connectivity index (χ2v) is 4.71. The molecule has 0 radical (unpaired) electrons. The number of hydrogen-bond donors (Lipinski definition) is 2. The van der Waals surface area contributed by atoms with Gasteiger partial charge >= 0.3 is 11.8 Å². The topological polar surface area (TPSA) is 92.7 Å². The maximum atomic E-state index is 11.8. The van der Waals surface area contributed by atoms with Gasteiger partial charge in [-0.05, 0) is 35.9 Å². The molecule has 2 aromatic rings. The Kier molecular flexibility index (Phi) is 5.65. The van der Waals surface area contributed by atoms with Gasteiger partial charge in [-0.3, -0.25) is 14.6 Å². The highest BCUT2D eigenvalue weighted by molar-refractivity contribution is 6.40. The minimum atomic E-state index is -0.919. The van der Waals surface area contributed by atoms with E-state index in [1.807, 2.05) is 0 Å². The highest BCUT2D eigenvalue weighted by atomic mass is 35.5. The normalized spacial score (nSPS) is 10.3. The number of nitrogens with zero attached hydrogens (tertiary/aromatic N) is 2. The van der Waals surface area contributed by atoms with Crippen molar-refractivity contribution in [2.75, 3.05) is 12.4 Å². The van der Waals surface area contributed by atoms with E-state index in [4.69, 9.17) is 16.3 Å². The highest BCUT2D eigenvalue weighted by Gasteiger charge is 2.15. The first kappa shape index (κ1) is 16.4. The summed E-state index contributed by atoms with van der Waals surface area (Å²) in [4.78, 5) is 27.4. The number of anilines is 1. The minimum absolute atomic E-state index is 0.290. The van der Waals surface area contributed by atoms with Crippen molar-refractivity contribution in [3.8, 4) is 5.75 Å². The molecular formula is C15H13ClN4O3. The number of rotatable bonds is 4. The van der Waals surface area contributed by atoms with Gasteiger partial charge < -0.3 is 10.1 Å². The van der Waals surface area contributed by atoms with Crippen LogP contribution in [0.3, 0.4) is 0 Å². The van der Waals surface area contributed by atoms with E-state index in [1.54, 1.807) is 36.7 Å². The molecule has 0 saturated carbocycles. The minimum Gasteiger partial charge on any atom is -0.495 e. The molecule has 0 aliphatic carbocycles. The fraction of sp³-hybridized carbons (Fsp3) is 0.0667. The van der Waals surface area contributed by atoms with Crippen molar-refractivity contribution in [1.82, 2.24) is 10.4 Å². The third-order valence-electron chi connectivity index (χ3n) is 2.70. The molecular weight excluding hydrogens is 320 g/mol. The molecule has 1 aromatic carbocycles. The van der Waals surface area contributed by atoms with E-state index in [2.05, 4.69) is 20.8 Å². The summed E-state index contributed by atoms with van der Waals surface area (Å²) in [6.45, 7) is 0. The molecule has 2 N–H and O–H groups in total. The third-order valence-corrected chi connectivity index (χ3v) is 2.94. The summed E-state index contributed by atoms with van der Waals surface area (Å²) < 4.78 is 5.08. The molecule has 0 bridgehead atoms. The van der Waals surface area contributed by atoms with Gasteiger partial charge in [-0.15, -0.1) is 0 Å². The molecule has 7 nitrogen and oxygen atoms in total. The molecule has 0 aliphatic heterocycles. The quantitative estimate of drug-likeness (QED) is 0.507. The molecule has 2 amide bonds. The van der Waals surface area contributed by atoms with E-state index in [0.717, 1.165) is 5.56 Å². The van der Waals surface area contributed by atoms with Crippen LogP contribution in [0, 0.1) is 0 Å².